The highest BCUT2D eigenvalue weighted by atomic mass is 32.1. The van der Waals surface area contributed by atoms with Crippen LogP contribution in [0, 0.1) is 0 Å². The van der Waals surface area contributed by atoms with Gasteiger partial charge < -0.3 is 0 Å². The average molecular weight is 366 g/mol. The third kappa shape index (κ3) is 2.86. The van der Waals surface area contributed by atoms with Crippen LogP contribution in [0.25, 0.3) is 21.4 Å². The number of hydrogen-bond acceptors (Lipinski definition) is 6. The Bertz CT molecular complexity index is 1090. The molecule has 0 aliphatic carbocycles. The molecule has 4 aromatic rings. The summed E-state index contributed by atoms with van der Waals surface area (Å²) >= 11 is 1.68. The SMILES string of the molecule is CC(C)(C)c1nc2c(CC(C)(C)c3n[nH]c4ncncc34)ccnc2s1. The summed E-state index contributed by atoms with van der Waals surface area (Å²) in [6.07, 6.45) is 6.05. The highest BCUT2D eigenvalue weighted by molar-refractivity contribution is 7.18. The number of nitrogens with zero attached hydrogens (tertiary/aromatic N) is 5. The van der Waals surface area contributed by atoms with Crippen molar-refractivity contribution in [3.63, 3.8) is 0 Å². The Kier molecular flexibility index (Phi) is 3.80. The lowest BCUT2D eigenvalue weighted by Crippen LogP contribution is -2.22. The monoisotopic (exact) mass is 366 g/mol. The average Bonchev–Trinajstić information content (AvgIpc) is 3.19. The minimum Gasteiger partial charge on any atom is -0.260 e. The van der Waals surface area contributed by atoms with Gasteiger partial charge in [0, 0.05) is 23.2 Å². The molecule has 0 saturated heterocycles. The number of hydrogen-bond donors (Lipinski definition) is 1. The van der Waals surface area contributed by atoms with Crippen LogP contribution in [0.5, 0.6) is 0 Å². The summed E-state index contributed by atoms with van der Waals surface area (Å²) in [5, 5.41) is 9.62. The van der Waals surface area contributed by atoms with E-state index >= 15 is 0 Å². The van der Waals surface area contributed by atoms with E-state index in [1.54, 1.807) is 11.3 Å². The number of rotatable bonds is 3. The van der Waals surface area contributed by atoms with Crippen molar-refractivity contribution in [2.24, 2.45) is 0 Å². The zero-order valence-electron chi connectivity index (χ0n) is 15.7. The van der Waals surface area contributed by atoms with Crippen LogP contribution in [-0.4, -0.2) is 30.1 Å². The fourth-order valence-electron chi connectivity index (χ4n) is 3.18. The summed E-state index contributed by atoms with van der Waals surface area (Å²) in [5.41, 5.74) is 3.78. The first-order chi connectivity index (χ1) is 12.3. The predicted octanol–water partition coefficient (Wildman–Crippen LogP) is 4.18. The number of H-pyrrole nitrogens is 1. The van der Waals surface area contributed by atoms with E-state index in [-0.39, 0.29) is 10.8 Å². The van der Waals surface area contributed by atoms with Crippen molar-refractivity contribution in [3.8, 4) is 0 Å². The molecule has 4 heterocycles. The molecule has 0 aliphatic rings. The number of thiazole rings is 1. The van der Waals surface area contributed by atoms with Crippen LogP contribution < -0.4 is 0 Å². The van der Waals surface area contributed by atoms with Crippen molar-refractivity contribution in [1.29, 1.82) is 0 Å². The van der Waals surface area contributed by atoms with Crippen molar-refractivity contribution >= 4 is 32.7 Å². The molecule has 0 amide bonds. The van der Waals surface area contributed by atoms with Crippen molar-refractivity contribution in [2.45, 2.75) is 51.9 Å². The maximum absolute atomic E-state index is 4.91. The maximum atomic E-state index is 4.91. The standard InChI is InChI=1S/C19H22N6S/c1-18(2,3)17-23-13-11(6-7-21-16(13)26-17)8-19(4,5)14-12-9-20-10-22-15(12)25-24-14/h6-7,9-10H,8H2,1-5H3,(H,20,22,24,25). The molecule has 0 aliphatic heterocycles. The van der Waals surface area contributed by atoms with Crippen LogP contribution in [0.15, 0.2) is 24.8 Å². The van der Waals surface area contributed by atoms with E-state index in [1.807, 2.05) is 12.4 Å². The van der Waals surface area contributed by atoms with Gasteiger partial charge in [0.1, 0.15) is 21.7 Å². The van der Waals surface area contributed by atoms with E-state index in [0.717, 1.165) is 38.5 Å². The smallest absolute Gasteiger partial charge is 0.158 e. The van der Waals surface area contributed by atoms with Crippen LogP contribution in [0.1, 0.15) is 50.9 Å². The molecule has 0 aromatic carbocycles. The number of nitrogens with one attached hydrogen (secondary N) is 1. The van der Waals surface area contributed by atoms with E-state index in [2.05, 4.69) is 65.8 Å². The fraction of sp³-hybridized carbons (Fsp3) is 0.421. The van der Waals surface area contributed by atoms with Gasteiger partial charge in [0.2, 0.25) is 0 Å². The Labute approximate surface area is 156 Å². The zero-order valence-corrected chi connectivity index (χ0v) is 16.5. The third-order valence-corrected chi connectivity index (χ3v) is 5.93. The minimum absolute atomic E-state index is 0.0217. The van der Waals surface area contributed by atoms with Crippen LogP contribution in [-0.2, 0) is 17.3 Å². The van der Waals surface area contributed by atoms with Gasteiger partial charge in [0.15, 0.2) is 5.65 Å². The van der Waals surface area contributed by atoms with Crippen molar-refractivity contribution < 1.29 is 0 Å². The van der Waals surface area contributed by atoms with Crippen LogP contribution in [0.2, 0.25) is 0 Å². The van der Waals surface area contributed by atoms with Gasteiger partial charge in [-0.1, -0.05) is 46.0 Å². The summed E-state index contributed by atoms with van der Waals surface area (Å²) in [6.45, 7) is 10.9. The van der Waals surface area contributed by atoms with E-state index in [4.69, 9.17) is 4.98 Å². The molecule has 0 unspecified atom stereocenters. The largest absolute Gasteiger partial charge is 0.260 e. The van der Waals surface area contributed by atoms with E-state index in [9.17, 15) is 0 Å². The van der Waals surface area contributed by atoms with Gasteiger partial charge in [0.05, 0.1) is 11.1 Å². The van der Waals surface area contributed by atoms with Crippen molar-refractivity contribution in [3.05, 3.63) is 41.1 Å². The fourth-order valence-corrected chi connectivity index (χ4v) is 4.20. The van der Waals surface area contributed by atoms with Crippen LogP contribution in [0.3, 0.4) is 0 Å². The summed E-state index contributed by atoms with van der Waals surface area (Å²) in [7, 11) is 0. The molecule has 0 spiro atoms. The second kappa shape index (κ2) is 5.81. The lowest BCUT2D eigenvalue weighted by Gasteiger charge is -2.23. The highest BCUT2D eigenvalue weighted by Gasteiger charge is 2.29. The number of fused-ring (bicyclic) bond motifs is 2. The first-order valence-corrected chi connectivity index (χ1v) is 9.47. The second-order valence-electron chi connectivity index (χ2n) is 8.31. The normalized spacial score (nSPS) is 13.0. The predicted molar refractivity (Wildman–Crippen MR) is 105 cm³/mol. The molecular formula is C19H22N6S. The quantitative estimate of drug-likeness (QED) is 0.588. The van der Waals surface area contributed by atoms with Crippen molar-refractivity contribution in [2.75, 3.05) is 0 Å². The third-order valence-electron chi connectivity index (χ3n) is 4.54. The Hall–Kier alpha value is -2.41. The number of pyridine rings is 1. The second-order valence-corrected chi connectivity index (χ2v) is 9.29. The van der Waals surface area contributed by atoms with Gasteiger partial charge in [-0.05, 0) is 18.1 Å². The lowest BCUT2D eigenvalue weighted by molar-refractivity contribution is 0.509. The highest BCUT2D eigenvalue weighted by Crippen LogP contribution is 2.35. The first kappa shape index (κ1) is 17.0. The first-order valence-electron chi connectivity index (χ1n) is 8.65. The van der Waals surface area contributed by atoms with Crippen molar-refractivity contribution in [1.82, 2.24) is 30.1 Å². The lowest BCUT2D eigenvalue weighted by atomic mass is 9.81. The Morgan fingerprint density at radius 1 is 1.12 bits per heavy atom. The molecule has 134 valence electrons. The van der Waals surface area contributed by atoms with Gasteiger partial charge in [-0.2, -0.15) is 5.10 Å². The molecule has 1 N–H and O–H groups in total. The van der Waals surface area contributed by atoms with Gasteiger partial charge in [-0.25, -0.2) is 19.9 Å². The van der Waals surface area contributed by atoms with Gasteiger partial charge in [-0.3, -0.25) is 5.10 Å². The molecule has 0 saturated carbocycles. The minimum atomic E-state index is -0.192. The molecule has 0 atom stereocenters. The molecule has 0 radical (unpaired) electrons. The van der Waals surface area contributed by atoms with Gasteiger partial charge in [0.25, 0.3) is 0 Å². The summed E-state index contributed by atoms with van der Waals surface area (Å²) in [4.78, 5) is 18.9. The molecule has 0 fully saturated rings. The van der Waals surface area contributed by atoms with Gasteiger partial charge >= 0.3 is 0 Å². The van der Waals surface area contributed by atoms with E-state index in [1.165, 1.54) is 11.9 Å². The molecule has 7 heteroatoms. The summed E-state index contributed by atoms with van der Waals surface area (Å²) in [5.74, 6) is 0. The number of aromatic nitrogens is 6. The Morgan fingerprint density at radius 2 is 1.92 bits per heavy atom. The molecule has 26 heavy (non-hydrogen) atoms. The molecule has 4 aromatic heterocycles. The van der Waals surface area contributed by atoms with Crippen LogP contribution >= 0.6 is 11.3 Å². The molecule has 0 bridgehead atoms. The Balaban J connectivity index is 1.77. The topological polar surface area (TPSA) is 80.2 Å². The van der Waals surface area contributed by atoms with E-state index in [0.29, 0.717) is 0 Å². The van der Waals surface area contributed by atoms with E-state index < -0.39 is 0 Å². The zero-order chi connectivity index (χ0) is 18.5. The van der Waals surface area contributed by atoms with Gasteiger partial charge in [-0.15, -0.1) is 0 Å². The molecule has 4 rings (SSSR count). The maximum Gasteiger partial charge on any atom is 0.158 e. The molecule has 6 nitrogen and oxygen atoms in total. The Morgan fingerprint density at radius 3 is 2.69 bits per heavy atom. The summed E-state index contributed by atoms with van der Waals surface area (Å²) in [6, 6.07) is 2.07. The summed E-state index contributed by atoms with van der Waals surface area (Å²) < 4.78 is 0. The van der Waals surface area contributed by atoms with Crippen LogP contribution in [0.4, 0.5) is 0 Å². The number of aromatic amines is 1. The molecular weight excluding hydrogens is 344 g/mol.